The number of amides is 2. The molecule has 120 valence electrons. The molecule has 2 unspecified atom stereocenters. The topological polar surface area (TPSA) is 87.3 Å². The Morgan fingerprint density at radius 2 is 1.86 bits per heavy atom. The second-order valence-corrected chi connectivity index (χ2v) is 5.17. The third kappa shape index (κ3) is 6.99. The molecule has 0 spiro atoms. The molecule has 0 aliphatic heterocycles. The molecular formula is C16H23N3O3. The van der Waals surface area contributed by atoms with Gasteiger partial charge in [0.25, 0.3) is 0 Å². The van der Waals surface area contributed by atoms with Crippen LogP contribution in [0.4, 0.5) is 0 Å². The SMILES string of the molecule is CC(Cc1ccccc1)NC(=O)CNC(C)C(=O)NCC=O. The zero-order chi connectivity index (χ0) is 16.4. The average Bonchev–Trinajstić information content (AvgIpc) is 2.51. The third-order valence-electron chi connectivity index (χ3n) is 3.11. The van der Waals surface area contributed by atoms with Crippen LogP contribution in [-0.2, 0) is 20.8 Å². The molecule has 0 saturated carbocycles. The summed E-state index contributed by atoms with van der Waals surface area (Å²) in [7, 11) is 0. The molecule has 0 fully saturated rings. The van der Waals surface area contributed by atoms with Crippen LogP contribution in [0.15, 0.2) is 30.3 Å². The molecule has 3 N–H and O–H groups in total. The van der Waals surface area contributed by atoms with Crippen molar-refractivity contribution in [2.45, 2.75) is 32.4 Å². The highest BCUT2D eigenvalue weighted by Gasteiger charge is 2.14. The first-order valence-corrected chi connectivity index (χ1v) is 7.31. The molecule has 0 heterocycles. The van der Waals surface area contributed by atoms with Crippen molar-refractivity contribution in [2.24, 2.45) is 0 Å². The number of carbonyl (C=O) groups is 3. The number of rotatable bonds is 9. The molecule has 0 bridgehead atoms. The highest BCUT2D eigenvalue weighted by Crippen LogP contribution is 2.02. The maximum atomic E-state index is 11.8. The van der Waals surface area contributed by atoms with Crippen LogP contribution in [0.1, 0.15) is 19.4 Å². The fraction of sp³-hybridized carbons (Fsp3) is 0.438. The summed E-state index contributed by atoms with van der Waals surface area (Å²) < 4.78 is 0. The minimum atomic E-state index is -0.532. The summed E-state index contributed by atoms with van der Waals surface area (Å²) in [5, 5.41) is 8.12. The van der Waals surface area contributed by atoms with Gasteiger partial charge in [-0.1, -0.05) is 30.3 Å². The van der Waals surface area contributed by atoms with Gasteiger partial charge >= 0.3 is 0 Å². The minimum absolute atomic E-state index is 0.0101. The fourth-order valence-corrected chi connectivity index (χ4v) is 1.98. The lowest BCUT2D eigenvalue weighted by atomic mass is 10.1. The summed E-state index contributed by atoms with van der Waals surface area (Å²) in [6.07, 6.45) is 1.37. The van der Waals surface area contributed by atoms with E-state index in [1.54, 1.807) is 6.92 Å². The van der Waals surface area contributed by atoms with Crippen LogP contribution in [0.2, 0.25) is 0 Å². The van der Waals surface area contributed by atoms with Gasteiger partial charge in [0.15, 0.2) is 0 Å². The number of hydrogen-bond acceptors (Lipinski definition) is 4. The lowest BCUT2D eigenvalue weighted by Gasteiger charge is -2.16. The highest BCUT2D eigenvalue weighted by molar-refractivity contribution is 5.84. The number of nitrogens with one attached hydrogen (secondary N) is 3. The Balaban J connectivity index is 2.27. The zero-order valence-corrected chi connectivity index (χ0v) is 13.0. The molecule has 6 nitrogen and oxygen atoms in total. The molecule has 1 rings (SSSR count). The van der Waals surface area contributed by atoms with Crippen molar-refractivity contribution in [3.8, 4) is 0 Å². The van der Waals surface area contributed by atoms with Crippen LogP contribution >= 0.6 is 0 Å². The number of aldehydes is 1. The maximum Gasteiger partial charge on any atom is 0.237 e. The van der Waals surface area contributed by atoms with Gasteiger partial charge in [-0.2, -0.15) is 0 Å². The van der Waals surface area contributed by atoms with Crippen molar-refractivity contribution in [1.29, 1.82) is 0 Å². The van der Waals surface area contributed by atoms with Crippen molar-refractivity contribution in [2.75, 3.05) is 13.1 Å². The summed E-state index contributed by atoms with van der Waals surface area (Å²) in [5.41, 5.74) is 1.16. The first-order chi connectivity index (χ1) is 10.5. The van der Waals surface area contributed by atoms with Crippen molar-refractivity contribution in [3.63, 3.8) is 0 Å². The fourth-order valence-electron chi connectivity index (χ4n) is 1.98. The Labute approximate surface area is 130 Å². The third-order valence-corrected chi connectivity index (χ3v) is 3.11. The van der Waals surface area contributed by atoms with Crippen molar-refractivity contribution >= 4 is 18.1 Å². The number of hydrogen-bond donors (Lipinski definition) is 3. The summed E-state index contributed by atoms with van der Waals surface area (Å²) in [6.45, 7) is 3.60. The monoisotopic (exact) mass is 305 g/mol. The van der Waals surface area contributed by atoms with Crippen molar-refractivity contribution < 1.29 is 14.4 Å². The molecule has 0 aliphatic rings. The largest absolute Gasteiger partial charge is 0.352 e. The normalized spacial score (nSPS) is 13.0. The van der Waals surface area contributed by atoms with Crippen LogP contribution in [0.5, 0.6) is 0 Å². The van der Waals surface area contributed by atoms with E-state index < -0.39 is 6.04 Å². The van der Waals surface area contributed by atoms with E-state index in [2.05, 4.69) is 16.0 Å². The van der Waals surface area contributed by atoms with Gasteiger partial charge in [-0.25, -0.2) is 0 Å². The molecule has 0 saturated heterocycles. The van der Waals surface area contributed by atoms with E-state index in [9.17, 15) is 14.4 Å². The second kappa shape index (κ2) is 9.68. The Bertz CT molecular complexity index is 491. The Morgan fingerprint density at radius 1 is 1.18 bits per heavy atom. The average molecular weight is 305 g/mol. The number of benzene rings is 1. The molecule has 1 aromatic rings. The summed E-state index contributed by atoms with van der Waals surface area (Å²) in [4.78, 5) is 33.5. The van der Waals surface area contributed by atoms with Gasteiger partial charge in [-0.3, -0.25) is 14.9 Å². The van der Waals surface area contributed by atoms with Crippen LogP contribution < -0.4 is 16.0 Å². The van der Waals surface area contributed by atoms with Gasteiger partial charge in [-0.05, 0) is 25.8 Å². The molecule has 22 heavy (non-hydrogen) atoms. The van der Waals surface area contributed by atoms with Gasteiger partial charge in [0.05, 0.1) is 19.1 Å². The first kappa shape index (κ1) is 17.8. The van der Waals surface area contributed by atoms with Gasteiger partial charge in [0, 0.05) is 6.04 Å². The van der Waals surface area contributed by atoms with E-state index in [0.29, 0.717) is 6.29 Å². The molecule has 6 heteroatoms. The zero-order valence-electron chi connectivity index (χ0n) is 13.0. The summed E-state index contributed by atoms with van der Waals surface area (Å²) in [5.74, 6) is -0.476. The lowest BCUT2D eigenvalue weighted by Crippen LogP contribution is -2.47. The molecule has 1 aromatic carbocycles. The number of carbonyl (C=O) groups excluding carboxylic acids is 3. The van der Waals surface area contributed by atoms with E-state index in [1.807, 2.05) is 37.3 Å². The lowest BCUT2D eigenvalue weighted by molar-refractivity contribution is -0.124. The molecular weight excluding hydrogens is 282 g/mol. The summed E-state index contributed by atoms with van der Waals surface area (Å²) >= 11 is 0. The first-order valence-electron chi connectivity index (χ1n) is 7.31. The molecule has 0 radical (unpaired) electrons. The molecule has 2 amide bonds. The van der Waals surface area contributed by atoms with Crippen molar-refractivity contribution in [3.05, 3.63) is 35.9 Å². The van der Waals surface area contributed by atoms with E-state index >= 15 is 0 Å². The van der Waals surface area contributed by atoms with Crippen LogP contribution in [0, 0.1) is 0 Å². The van der Waals surface area contributed by atoms with E-state index in [0.717, 1.165) is 12.0 Å². The predicted molar refractivity (Wildman–Crippen MR) is 84.3 cm³/mol. The maximum absolute atomic E-state index is 11.8. The highest BCUT2D eigenvalue weighted by atomic mass is 16.2. The van der Waals surface area contributed by atoms with E-state index in [1.165, 1.54) is 0 Å². The molecule has 0 aliphatic carbocycles. The van der Waals surface area contributed by atoms with Crippen molar-refractivity contribution in [1.82, 2.24) is 16.0 Å². The van der Waals surface area contributed by atoms with Gasteiger partial charge in [-0.15, -0.1) is 0 Å². The standard InChI is InChI=1S/C16H23N3O3/c1-12(10-14-6-4-3-5-7-14)19-15(21)11-18-13(2)16(22)17-8-9-20/h3-7,9,12-13,18H,8,10-11H2,1-2H3,(H,17,22)(H,19,21). The van der Waals surface area contributed by atoms with E-state index in [-0.39, 0.29) is 30.9 Å². The van der Waals surface area contributed by atoms with Crippen LogP contribution in [-0.4, -0.2) is 43.3 Å². The van der Waals surface area contributed by atoms with Gasteiger partial charge < -0.3 is 15.4 Å². The minimum Gasteiger partial charge on any atom is -0.352 e. The Morgan fingerprint density at radius 3 is 2.50 bits per heavy atom. The quantitative estimate of drug-likeness (QED) is 0.562. The van der Waals surface area contributed by atoms with E-state index in [4.69, 9.17) is 0 Å². The second-order valence-electron chi connectivity index (χ2n) is 5.17. The van der Waals surface area contributed by atoms with Crippen LogP contribution in [0.3, 0.4) is 0 Å². The molecule has 0 aromatic heterocycles. The molecule has 2 atom stereocenters. The van der Waals surface area contributed by atoms with Gasteiger partial charge in [0.1, 0.15) is 6.29 Å². The Hall–Kier alpha value is -2.21. The van der Waals surface area contributed by atoms with Crippen LogP contribution in [0.25, 0.3) is 0 Å². The Kier molecular flexibility index (Phi) is 7.85. The smallest absolute Gasteiger partial charge is 0.237 e. The summed E-state index contributed by atoms with van der Waals surface area (Å²) in [6, 6.07) is 9.39. The van der Waals surface area contributed by atoms with Gasteiger partial charge in [0.2, 0.25) is 11.8 Å². The predicted octanol–water partition coefficient (Wildman–Crippen LogP) is 0.0270.